The van der Waals surface area contributed by atoms with Gasteiger partial charge in [-0.3, -0.25) is 9.59 Å². The Kier molecular flexibility index (Phi) is 10.8. The molecule has 5 aromatic carbocycles. The van der Waals surface area contributed by atoms with Crippen LogP contribution in [0, 0.1) is 0 Å². The van der Waals surface area contributed by atoms with Gasteiger partial charge in [0.25, 0.3) is 5.91 Å². The van der Waals surface area contributed by atoms with Gasteiger partial charge in [-0.2, -0.15) is 0 Å². The molecule has 238 valence electrons. The minimum atomic E-state index is -1.16. The summed E-state index contributed by atoms with van der Waals surface area (Å²) in [5.74, 6) is 0.737. The van der Waals surface area contributed by atoms with E-state index in [0.29, 0.717) is 35.1 Å². The van der Waals surface area contributed by atoms with Gasteiger partial charge in [0.2, 0.25) is 5.91 Å². The molecule has 3 N–H and O–H groups in total. The van der Waals surface area contributed by atoms with Crippen molar-refractivity contribution >= 4 is 23.5 Å². The molecular formula is C38H34N2O7. The summed E-state index contributed by atoms with van der Waals surface area (Å²) in [4.78, 5) is 37.3. The van der Waals surface area contributed by atoms with Crippen LogP contribution in [0.4, 0.5) is 5.69 Å². The van der Waals surface area contributed by atoms with Crippen LogP contribution in [-0.2, 0) is 29.0 Å². The van der Waals surface area contributed by atoms with E-state index < -0.39 is 17.9 Å². The van der Waals surface area contributed by atoms with Crippen LogP contribution in [0.25, 0.3) is 0 Å². The number of nitrogens with one attached hydrogen (secondary N) is 2. The van der Waals surface area contributed by atoms with E-state index >= 15 is 0 Å². The second-order valence-corrected chi connectivity index (χ2v) is 10.7. The molecule has 9 nitrogen and oxygen atoms in total. The number of ether oxygens (including phenoxy) is 3. The van der Waals surface area contributed by atoms with Crippen LogP contribution in [0.5, 0.6) is 23.0 Å². The molecule has 5 aromatic rings. The van der Waals surface area contributed by atoms with Crippen LogP contribution in [0.3, 0.4) is 0 Å². The Morgan fingerprint density at radius 3 is 1.85 bits per heavy atom. The number of carbonyl (C=O) groups is 3. The number of carboxylic acid groups (broad SMARTS) is 1. The van der Waals surface area contributed by atoms with Crippen molar-refractivity contribution in [2.45, 2.75) is 25.5 Å². The van der Waals surface area contributed by atoms with E-state index in [2.05, 4.69) is 10.6 Å². The summed E-state index contributed by atoms with van der Waals surface area (Å²) >= 11 is 0. The molecular weight excluding hydrogens is 596 g/mol. The molecule has 0 aliphatic heterocycles. The van der Waals surface area contributed by atoms with Crippen molar-refractivity contribution in [3.05, 3.63) is 150 Å². The molecule has 0 saturated heterocycles. The monoisotopic (exact) mass is 630 g/mol. The van der Waals surface area contributed by atoms with Gasteiger partial charge in [-0.25, -0.2) is 4.79 Å². The SMILES string of the molecule is COc1ccc(CC(=O)Nc2ccc(C(=O)N[C@@H](Cc3ccc(Oc4ccc(OCc5ccccc5)cc4)cc3)C(=O)O)cc2)cc1. The van der Waals surface area contributed by atoms with E-state index in [-0.39, 0.29) is 24.3 Å². The average Bonchev–Trinajstić information content (AvgIpc) is 3.09. The number of carbonyl (C=O) groups excluding carboxylic acids is 2. The molecule has 0 fully saturated rings. The van der Waals surface area contributed by atoms with E-state index in [4.69, 9.17) is 14.2 Å². The maximum absolute atomic E-state index is 12.9. The quantitative estimate of drug-likeness (QED) is 0.125. The molecule has 0 spiro atoms. The third kappa shape index (κ3) is 9.70. The van der Waals surface area contributed by atoms with Crippen molar-refractivity contribution in [1.29, 1.82) is 0 Å². The lowest BCUT2D eigenvalue weighted by Gasteiger charge is -2.15. The first kappa shape index (κ1) is 32.3. The van der Waals surface area contributed by atoms with Crippen LogP contribution in [0.1, 0.15) is 27.0 Å². The first-order valence-corrected chi connectivity index (χ1v) is 14.9. The zero-order valence-corrected chi connectivity index (χ0v) is 25.7. The lowest BCUT2D eigenvalue weighted by atomic mass is 10.0. The lowest BCUT2D eigenvalue weighted by Crippen LogP contribution is -2.42. The van der Waals surface area contributed by atoms with Crippen molar-refractivity contribution in [3.63, 3.8) is 0 Å². The first-order valence-electron chi connectivity index (χ1n) is 14.9. The smallest absolute Gasteiger partial charge is 0.326 e. The highest BCUT2D eigenvalue weighted by Crippen LogP contribution is 2.25. The summed E-state index contributed by atoms with van der Waals surface area (Å²) < 4.78 is 16.9. The fourth-order valence-electron chi connectivity index (χ4n) is 4.69. The molecule has 1 atom stereocenters. The predicted octanol–water partition coefficient (Wildman–Crippen LogP) is 6.67. The minimum Gasteiger partial charge on any atom is -0.497 e. The molecule has 0 radical (unpaired) electrons. The molecule has 5 rings (SSSR count). The maximum atomic E-state index is 12.9. The van der Waals surface area contributed by atoms with Gasteiger partial charge in [-0.05, 0) is 89.5 Å². The average molecular weight is 631 g/mol. The van der Waals surface area contributed by atoms with Crippen molar-refractivity contribution < 1.29 is 33.7 Å². The van der Waals surface area contributed by atoms with E-state index in [1.807, 2.05) is 66.7 Å². The standard InChI is InChI=1S/C38H34N2O7/c1-45-31-15-7-27(8-16-31)24-36(41)39-30-13-11-29(12-14-30)37(42)40-35(38(43)44)23-26-9-17-33(18-10-26)47-34-21-19-32(20-22-34)46-25-28-5-3-2-4-6-28/h2-22,35H,23-25H2,1H3,(H,39,41)(H,40,42)(H,43,44)/t35-/m0/s1. The number of rotatable bonds is 14. The van der Waals surface area contributed by atoms with Gasteiger partial charge in [0.1, 0.15) is 35.6 Å². The van der Waals surface area contributed by atoms with E-state index in [0.717, 1.165) is 16.9 Å². The number of carboxylic acids is 1. The summed E-state index contributed by atoms with van der Waals surface area (Å²) in [7, 11) is 1.58. The number of amides is 2. The summed E-state index contributed by atoms with van der Waals surface area (Å²) in [5, 5.41) is 15.2. The van der Waals surface area contributed by atoms with Gasteiger partial charge in [0.15, 0.2) is 0 Å². The zero-order valence-electron chi connectivity index (χ0n) is 25.7. The molecule has 0 unspecified atom stereocenters. The predicted molar refractivity (Wildman–Crippen MR) is 178 cm³/mol. The molecule has 0 heterocycles. The van der Waals surface area contributed by atoms with Gasteiger partial charge < -0.3 is 30.0 Å². The minimum absolute atomic E-state index is 0.0777. The Hall–Kier alpha value is -6.09. The number of methoxy groups -OCH3 is 1. The Balaban J connectivity index is 1.10. The molecule has 0 bridgehead atoms. The van der Waals surface area contributed by atoms with Crippen molar-refractivity contribution in [1.82, 2.24) is 5.32 Å². The van der Waals surface area contributed by atoms with Crippen LogP contribution in [-0.4, -0.2) is 36.0 Å². The Bertz CT molecular complexity index is 1770. The zero-order chi connectivity index (χ0) is 33.0. The van der Waals surface area contributed by atoms with Crippen molar-refractivity contribution in [2.75, 3.05) is 12.4 Å². The normalized spacial score (nSPS) is 11.2. The molecule has 0 aromatic heterocycles. The maximum Gasteiger partial charge on any atom is 0.326 e. The molecule has 0 aliphatic rings. The highest BCUT2D eigenvalue weighted by atomic mass is 16.5. The highest BCUT2D eigenvalue weighted by molar-refractivity contribution is 5.98. The van der Waals surface area contributed by atoms with Crippen LogP contribution >= 0.6 is 0 Å². The first-order chi connectivity index (χ1) is 22.8. The summed E-state index contributed by atoms with van der Waals surface area (Å²) in [6.07, 6.45) is 0.256. The van der Waals surface area contributed by atoms with Gasteiger partial charge in [0.05, 0.1) is 13.5 Å². The summed E-state index contributed by atoms with van der Waals surface area (Å²) in [6, 6.07) is 36.5. The van der Waals surface area contributed by atoms with E-state index in [1.165, 1.54) is 12.1 Å². The van der Waals surface area contributed by atoms with Gasteiger partial charge in [0, 0.05) is 17.7 Å². The third-order valence-electron chi connectivity index (χ3n) is 7.23. The van der Waals surface area contributed by atoms with Crippen LogP contribution in [0.15, 0.2) is 127 Å². The highest BCUT2D eigenvalue weighted by Gasteiger charge is 2.21. The topological polar surface area (TPSA) is 123 Å². The molecule has 0 saturated carbocycles. The fourth-order valence-corrected chi connectivity index (χ4v) is 4.69. The second-order valence-electron chi connectivity index (χ2n) is 10.7. The lowest BCUT2D eigenvalue weighted by molar-refractivity contribution is -0.139. The number of hydrogen-bond donors (Lipinski definition) is 3. The van der Waals surface area contributed by atoms with Crippen molar-refractivity contribution in [3.8, 4) is 23.0 Å². The Labute approximate surface area is 272 Å². The van der Waals surface area contributed by atoms with Gasteiger partial charge in [-0.15, -0.1) is 0 Å². The van der Waals surface area contributed by atoms with Crippen LogP contribution in [0.2, 0.25) is 0 Å². The third-order valence-corrected chi connectivity index (χ3v) is 7.23. The number of aliphatic carboxylic acids is 1. The van der Waals surface area contributed by atoms with E-state index in [1.54, 1.807) is 55.6 Å². The fraction of sp³-hybridized carbons (Fsp3) is 0.132. The van der Waals surface area contributed by atoms with Gasteiger partial charge in [-0.1, -0.05) is 54.6 Å². The largest absolute Gasteiger partial charge is 0.497 e. The van der Waals surface area contributed by atoms with E-state index in [9.17, 15) is 19.5 Å². The number of benzene rings is 5. The molecule has 47 heavy (non-hydrogen) atoms. The number of anilines is 1. The molecule has 9 heteroatoms. The Morgan fingerprint density at radius 1 is 0.660 bits per heavy atom. The van der Waals surface area contributed by atoms with Crippen LogP contribution < -0.4 is 24.8 Å². The molecule has 2 amide bonds. The Morgan fingerprint density at radius 2 is 1.23 bits per heavy atom. The second kappa shape index (κ2) is 15.8. The molecule has 0 aliphatic carbocycles. The van der Waals surface area contributed by atoms with Crippen molar-refractivity contribution in [2.24, 2.45) is 0 Å². The summed E-state index contributed by atoms with van der Waals surface area (Å²) in [5.41, 5.74) is 3.41. The number of hydrogen-bond acceptors (Lipinski definition) is 6. The summed E-state index contributed by atoms with van der Waals surface area (Å²) in [6.45, 7) is 0.471. The van der Waals surface area contributed by atoms with Gasteiger partial charge >= 0.3 is 5.97 Å².